The van der Waals surface area contributed by atoms with Crippen molar-refractivity contribution in [2.24, 2.45) is 0 Å². The van der Waals surface area contributed by atoms with Crippen LogP contribution in [0.1, 0.15) is 57.0 Å². The lowest BCUT2D eigenvalue weighted by atomic mass is 10.0. The van der Waals surface area contributed by atoms with Crippen LogP contribution in [-0.4, -0.2) is 71.8 Å². The summed E-state index contributed by atoms with van der Waals surface area (Å²) in [6.07, 6.45) is 6.35. The van der Waals surface area contributed by atoms with Gasteiger partial charge in [-0.15, -0.1) is 0 Å². The highest BCUT2D eigenvalue weighted by Crippen LogP contribution is 2.31. The molecule has 11 heteroatoms. The van der Waals surface area contributed by atoms with E-state index in [1.165, 1.54) is 17.3 Å². The first-order valence-electron chi connectivity index (χ1n) is 11.5. The summed E-state index contributed by atoms with van der Waals surface area (Å²) in [4.78, 5) is 24.8. The molecule has 182 valence electrons. The summed E-state index contributed by atoms with van der Waals surface area (Å²) >= 11 is 0. The van der Waals surface area contributed by atoms with E-state index in [9.17, 15) is 20.1 Å². The van der Waals surface area contributed by atoms with Gasteiger partial charge >= 0.3 is 5.97 Å². The molecule has 0 amide bonds. The van der Waals surface area contributed by atoms with E-state index in [1.54, 1.807) is 0 Å². The molecule has 0 bridgehead atoms. The second kappa shape index (κ2) is 10.9. The summed E-state index contributed by atoms with van der Waals surface area (Å²) in [7, 11) is 0. The average molecular weight is 472 g/mol. The quantitative estimate of drug-likeness (QED) is 0.275. The number of hydrogen-bond donors (Lipinski definition) is 4. The van der Waals surface area contributed by atoms with Crippen molar-refractivity contribution in [2.45, 2.75) is 75.6 Å². The minimum atomic E-state index is -1.29. The Bertz CT molecular complexity index is 1110. The lowest BCUT2D eigenvalue weighted by molar-refractivity contribution is -0.147. The Hall–Kier alpha value is -3.04. The molecular formula is C23H29N5O6. The van der Waals surface area contributed by atoms with Gasteiger partial charge in [-0.2, -0.15) is 0 Å². The number of nitrogens with zero attached hydrogens (tertiary/aromatic N) is 4. The average Bonchev–Trinajstić information content (AvgIpc) is 3.34. The Morgan fingerprint density at radius 2 is 2.12 bits per heavy atom. The number of ether oxygens (including phenoxy) is 2. The predicted octanol–water partition coefficient (Wildman–Crippen LogP) is 0.584. The van der Waals surface area contributed by atoms with Gasteiger partial charge < -0.3 is 30.5 Å². The molecule has 11 nitrogen and oxygen atoms in total. The standard InChI is InChI=1S/C23H29N5O6/c24-21-18-22(28(13-25-18)23-20(32)19(31)15(12-29)34-23)27-16(26-21)10-6-7-11-17(30)33-14-8-4-2-1-3-5-9-14/h4,8,13-15,19-20,23,29,31-32H,1-3,5,7,9,11-12H2,(H2,24,26,27)/b8-4+/t14?,15-,19+,20?,23-/m1/s1. The highest BCUT2D eigenvalue weighted by atomic mass is 16.6. The van der Waals surface area contributed by atoms with Crippen molar-refractivity contribution in [1.82, 2.24) is 19.5 Å². The minimum Gasteiger partial charge on any atom is -0.458 e. The number of carbonyl (C=O) groups excluding carboxylic acids is 1. The van der Waals surface area contributed by atoms with Gasteiger partial charge in [0.2, 0.25) is 5.82 Å². The van der Waals surface area contributed by atoms with Crippen LogP contribution >= 0.6 is 0 Å². The van der Waals surface area contributed by atoms with E-state index in [-0.39, 0.29) is 42.2 Å². The molecule has 2 unspecified atom stereocenters. The van der Waals surface area contributed by atoms with Gasteiger partial charge in [0.05, 0.1) is 19.4 Å². The number of imidazole rings is 1. The maximum atomic E-state index is 12.2. The number of nitrogens with two attached hydrogens (primary N) is 1. The van der Waals surface area contributed by atoms with Crippen molar-refractivity contribution in [3.63, 3.8) is 0 Å². The van der Waals surface area contributed by atoms with Gasteiger partial charge in [-0.05, 0) is 37.7 Å². The fourth-order valence-corrected chi connectivity index (χ4v) is 4.05. The lowest BCUT2D eigenvalue weighted by Gasteiger charge is -2.16. The number of hydrogen-bond acceptors (Lipinski definition) is 10. The summed E-state index contributed by atoms with van der Waals surface area (Å²) in [6, 6.07) is 0. The highest BCUT2D eigenvalue weighted by molar-refractivity contribution is 5.82. The van der Waals surface area contributed by atoms with E-state index in [4.69, 9.17) is 15.2 Å². The van der Waals surface area contributed by atoms with Crippen LogP contribution < -0.4 is 5.73 Å². The molecule has 0 aromatic carbocycles. The molecule has 4 rings (SSSR count). The number of anilines is 1. The van der Waals surface area contributed by atoms with Gasteiger partial charge in [0.15, 0.2) is 17.7 Å². The van der Waals surface area contributed by atoms with Gasteiger partial charge in [0.25, 0.3) is 0 Å². The number of aromatic nitrogens is 4. The zero-order chi connectivity index (χ0) is 24.1. The van der Waals surface area contributed by atoms with Gasteiger partial charge in [-0.25, -0.2) is 15.0 Å². The number of allylic oxidation sites excluding steroid dienone is 1. The Labute approximate surface area is 196 Å². The zero-order valence-electron chi connectivity index (χ0n) is 18.7. The second-order valence-corrected chi connectivity index (χ2v) is 8.38. The third kappa shape index (κ3) is 5.37. The minimum absolute atomic E-state index is 0.0928. The van der Waals surface area contributed by atoms with Crippen LogP contribution in [0, 0.1) is 11.8 Å². The van der Waals surface area contributed by atoms with Gasteiger partial charge in [0, 0.05) is 6.42 Å². The zero-order valence-corrected chi connectivity index (χ0v) is 18.7. The lowest BCUT2D eigenvalue weighted by Crippen LogP contribution is -2.33. The summed E-state index contributed by atoms with van der Waals surface area (Å²) in [5.74, 6) is 5.57. The van der Waals surface area contributed by atoms with Crippen LogP contribution in [0.25, 0.3) is 11.2 Å². The third-order valence-electron chi connectivity index (χ3n) is 5.89. The third-order valence-corrected chi connectivity index (χ3v) is 5.89. The van der Waals surface area contributed by atoms with Crippen molar-refractivity contribution in [2.75, 3.05) is 12.3 Å². The van der Waals surface area contributed by atoms with E-state index in [0.29, 0.717) is 5.52 Å². The number of esters is 1. The van der Waals surface area contributed by atoms with Crippen molar-refractivity contribution in [3.05, 3.63) is 24.3 Å². The second-order valence-electron chi connectivity index (χ2n) is 8.38. The molecular weight excluding hydrogens is 442 g/mol. The van der Waals surface area contributed by atoms with Crippen molar-refractivity contribution < 1.29 is 29.6 Å². The smallest absolute Gasteiger partial charge is 0.307 e. The first kappa shape index (κ1) is 24.1. The number of rotatable bonds is 5. The Morgan fingerprint density at radius 3 is 2.91 bits per heavy atom. The number of aliphatic hydroxyl groups is 3. The summed E-state index contributed by atoms with van der Waals surface area (Å²) in [5, 5.41) is 29.7. The molecule has 1 aliphatic carbocycles. The molecule has 3 heterocycles. The van der Waals surface area contributed by atoms with Gasteiger partial charge in [0.1, 0.15) is 29.9 Å². The first-order chi connectivity index (χ1) is 16.5. The largest absolute Gasteiger partial charge is 0.458 e. The molecule has 2 aromatic heterocycles. The molecule has 0 radical (unpaired) electrons. The molecule has 5 atom stereocenters. The van der Waals surface area contributed by atoms with Crippen LogP contribution in [0.2, 0.25) is 0 Å². The number of nitrogen functional groups attached to an aromatic ring is 1. The normalized spacial score (nSPS) is 28.0. The summed E-state index contributed by atoms with van der Waals surface area (Å²) in [5.41, 5.74) is 6.55. The van der Waals surface area contributed by atoms with Gasteiger partial charge in [-0.3, -0.25) is 9.36 Å². The van der Waals surface area contributed by atoms with E-state index in [2.05, 4.69) is 32.9 Å². The monoisotopic (exact) mass is 471 g/mol. The van der Waals surface area contributed by atoms with E-state index < -0.39 is 31.1 Å². The number of aliphatic hydroxyl groups excluding tert-OH is 3. The maximum Gasteiger partial charge on any atom is 0.307 e. The van der Waals surface area contributed by atoms with E-state index in [0.717, 1.165) is 25.7 Å². The maximum absolute atomic E-state index is 12.2. The topological polar surface area (TPSA) is 166 Å². The Morgan fingerprint density at radius 1 is 1.26 bits per heavy atom. The fraction of sp³-hybridized carbons (Fsp3) is 0.565. The highest BCUT2D eigenvalue weighted by Gasteiger charge is 2.44. The van der Waals surface area contributed by atoms with Crippen LogP contribution in [-0.2, 0) is 14.3 Å². The SMILES string of the molecule is Nc1nc(C#CCCC(=O)OC2/C=C/CCCCC2)nc2c1ncn2[C@@H]1O[C@H](CO)[C@H](O)C1O. The van der Waals surface area contributed by atoms with Crippen molar-refractivity contribution >= 4 is 23.0 Å². The van der Waals surface area contributed by atoms with Crippen molar-refractivity contribution in [1.29, 1.82) is 0 Å². The van der Waals surface area contributed by atoms with E-state index >= 15 is 0 Å². The predicted molar refractivity (Wildman–Crippen MR) is 121 cm³/mol. The van der Waals surface area contributed by atoms with Gasteiger partial charge in [-0.1, -0.05) is 18.4 Å². The molecule has 0 saturated carbocycles. The first-order valence-corrected chi connectivity index (χ1v) is 11.5. The van der Waals surface area contributed by atoms with Crippen LogP contribution in [0.5, 0.6) is 0 Å². The number of fused-ring (bicyclic) bond motifs is 1. The van der Waals surface area contributed by atoms with Crippen LogP contribution in [0.4, 0.5) is 5.82 Å². The van der Waals surface area contributed by atoms with Crippen molar-refractivity contribution in [3.8, 4) is 11.8 Å². The van der Waals surface area contributed by atoms with Crippen LogP contribution in [0.3, 0.4) is 0 Å². The molecule has 0 spiro atoms. The molecule has 1 aliphatic heterocycles. The summed E-state index contributed by atoms with van der Waals surface area (Å²) < 4.78 is 12.5. The molecule has 2 aliphatic rings. The molecule has 34 heavy (non-hydrogen) atoms. The van der Waals surface area contributed by atoms with Crippen LogP contribution in [0.15, 0.2) is 18.5 Å². The Balaban J connectivity index is 1.42. The Kier molecular flexibility index (Phi) is 7.74. The molecule has 1 fully saturated rings. The fourth-order valence-electron chi connectivity index (χ4n) is 4.05. The number of carbonyl (C=O) groups is 1. The molecule has 2 aromatic rings. The van der Waals surface area contributed by atoms with E-state index in [1.807, 2.05) is 6.08 Å². The molecule has 5 N–H and O–H groups in total. The summed E-state index contributed by atoms with van der Waals surface area (Å²) in [6.45, 7) is -0.450. The molecule has 1 saturated heterocycles.